The van der Waals surface area contributed by atoms with E-state index < -0.39 is 11.9 Å². The summed E-state index contributed by atoms with van der Waals surface area (Å²) in [5, 5.41) is 8.57. The zero-order valence-corrected chi connectivity index (χ0v) is 8.28. The van der Waals surface area contributed by atoms with E-state index in [1.165, 1.54) is 24.3 Å². The van der Waals surface area contributed by atoms with Gasteiger partial charge >= 0.3 is 11.9 Å². The quantitative estimate of drug-likeness (QED) is 0.513. The minimum atomic E-state index is -1.05. The van der Waals surface area contributed by atoms with Crippen LogP contribution in [-0.2, 0) is 4.84 Å². The number of aromatic carboxylic acids is 1. The standard InChI is InChI=1S/C8H8N2O4.ClH/c9-10-14-8(13)6-3-1-5(2-4-6)7(11)12;/h1-4,10H,9H2,(H,11,12);1H. The van der Waals surface area contributed by atoms with Crippen LogP contribution in [0, 0.1) is 0 Å². The van der Waals surface area contributed by atoms with Gasteiger partial charge < -0.3 is 9.94 Å². The van der Waals surface area contributed by atoms with Crippen molar-refractivity contribution < 1.29 is 19.5 Å². The topological polar surface area (TPSA) is 102 Å². The molecule has 0 amide bonds. The number of nitrogens with two attached hydrogens (primary N) is 1. The number of hydrazine groups is 1. The molecule has 0 radical (unpaired) electrons. The first kappa shape index (κ1) is 13.4. The SMILES string of the molecule is Cl.NNOC(=O)c1ccc(C(=O)O)cc1. The highest BCUT2D eigenvalue weighted by Gasteiger charge is 2.08. The number of nitrogens with one attached hydrogen (secondary N) is 1. The van der Waals surface area contributed by atoms with Gasteiger partial charge in [-0.2, -0.15) is 0 Å². The van der Waals surface area contributed by atoms with Crippen LogP contribution in [0.25, 0.3) is 0 Å². The first-order chi connectivity index (χ1) is 6.65. The molecule has 0 atom stereocenters. The van der Waals surface area contributed by atoms with E-state index in [9.17, 15) is 9.59 Å². The van der Waals surface area contributed by atoms with Gasteiger partial charge in [0.25, 0.3) is 0 Å². The van der Waals surface area contributed by atoms with Gasteiger partial charge in [-0.3, -0.25) is 0 Å². The molecule has 0 fully saturated rings. The van der Waals surface area contributed by atoms with Crippen LogP contribution in [0.4, 0.5) is 0 Å². The Morgan fingerprint density at radius 1 is 1.20 bits per heavy atom. The maximum Gasteiger partial charge on any atom is 0.357 e. The zero-order valence-electron chi connectivity index (χ0n) is 7.47. The summed E-state index contributed by atoms with van der Waals surface area (Å²) in [6.45, 7) is 0. The minimum Gasteiger partial charge on any atom is -0.478 e. The summed E-state index contributed by atoms with van der Waals surface area (Å²) >= 11 is 0. The normalized spacial score (nSPS) is 8.87. The second-order valence-corrected chi connectivity index (χ2v) is 2.39. The summed E-state index contributed by atoms with van der Waals surface area (Å²) in [7, 11) is 0. The van der Waals surface area contributed by atoms with E-state index in [4.69, 9.17) is 10.9 Å². The molecule has 0 aromatic heterocycles. The van der Waals surface area contributed by atoms with Crippen LogP contribution in [0.3, 0.4) is 0 Å². The fourth-order valence-corrected chi connectivity index (χ4v) is 0.861. The number of carboxylic acid groups (broad SMARTS) is 1. The van der Waals surface area contributed by atoms with Gasteiger partial charge in [0.15, 0.2) is 0 Å². The third kappa shape index (κ3) is 3.55. The zero-order chi connectivity index (χ0) is 10.6. The van der Waals surface area contributed by atoms with Crippen molar-refractivity contribution in [2.45, 2.75) is 0 Å². The van der Waals surface area contributed by atoms with Gasteiger partial charge in [-0.05, 0) is 24.3 Å². The van der Waals surface area contributed by atoms with Gasteiger partial charge in [0.1, 0.15) is 0 Å². The maximum atomic E-state index is 11.0. The molecule has 1 aromatic carbocycles. The van der Waals surface area contributed by atoms with E-state index in [1.54, 1.807) is 5.59 Å². The molecule has 0 bridgehead atoms. The molecule has 0 saturated heterocycles. The van der Waals surface area contributed by atoms with Crippen molar-refractivity contribution in [1.82, 2.24) is 5.59 Å². The van der Waals surface area contributed by atoms with Crippen LogP contribution in [0.2, 0.25) is 0 Å². The predicted octanol–water partition coefficient (Wildman–Crippen LogP) is 0.342. The first-order valence-corrected chi connectivity index (χ1v) is 3.65. The molecule has 1 aromatic rings. The van der Waals surface area contributed by atoms with Crippen molar-refractivity contribution in [1.29, 1.82) is 0 Å². The van der Waals surface area contributed by atoms with Crippen molar-refractivity contribution >= 4 is 24.3 Å². The fraction of sp³-hybridized carbons (Fsp3) is 0. The van der Waals surface area contributed by atoms with E-state index in [2.05, 4.69) is 4.84 Å². The molecule has 0 aliphatic carbocycles. The van der Waals surface area contributed by atoms with Gasteiger partial charge in [0.05, 0.1) is 11.1 Å². The number of carboxylic acids is 1. The van der Waals surface area contributed by atoms with E-state index in [0.29, 0.717) is 0 Å². The van der Waals surface area contributed by atoms with Crippen molar-refractivity contribution in [3.05, 3.63) is 35.4 Å². The molecular formula is C8H9ClN2O4. The smallest absolute Gasteiger partial charge is 0.357 e. The Morgan fingerprint density at radius 3 is 2.07 bits per heavy atom. The second-order valence-electron chi connectivity index (χ2n) is 2.39. The third-order valence-corrected chi connectivity index (χ3v) is 1.52. The van der Waals surface area contributed by atoms with Crippen LogP contribution < -0.4 is 11.4 Å². The van der Waals surface area contributed by atoms with Gasteiger partial charge in [0, 0.05) is 0 Å². The molecular weight excluding hydrogens is 224 g/mol. The minimum absolute atomic E-state index is 0. The Kier molecular flexibility index (Phi) is 5.32. The Balaban J connectivity index is 0.00000196. The average molecular weight is 233 g/mol. The average Bonchev–Trinajstić information content (AvgIpc) is 2.18. The second kappa shape index (κ2) is 5.97. The molecule has 4 N–H and O–H groups in total. The molecule has 0 spiro atoms. The summed E-state index contributed by atoms with van der Waals surface area (Å²) in [4.78, 5) is 25.7. The highest BCUT2D eigenvalue weighted by molar-refractivity contribution is 5.92. The van der Waals surface area contributed by atoms with E-state index in [1.807, 2.05) is 0 Å². The molecule has 0 aliphatic rings. The highest BCUT2D eigenvalue weighted by Crippen LogP contribution is 2.05. The molecule has 7 heteroatoms. The van der Waals surface area contributed by atoms with Crippen molar-refractivity contribution in [2.75, 3.05) is 0 Å². The molecule has 0 heterocycles. The lowest BCUT2D eigenvalue weighted by Gasteiger charge is -2.00. The molecule has 0 unspecified atom stereocenters. The molecule has 0 aliphatic heterocycles. The fourth-order valence-electron chi connectivity index (χ4n) is 0.861. The monoisotopic (exact) mass is 232 g/mol. The van der Waals surface area contributed by atoms with Crippen LogP contribution >= 0.6 is 12.4 Å². The number of halogens is 1. The van der Waals surface area contributed by atoms with E-state index in [0.717, 1.165) is 0 Å². The number of hydrogen-bond donors (Lipinski definition) is 3. The van der Waals surface area contributed by atoms with Crippen molar-refractivity contribution in [3.63, 3.8) is 0 Å². The van der Waals surface area contributed by atoms with Crippen LogP contribution in [0.15, 0.2) is 24.3 Å². The summed E-state index contributed by atoms with van der Waals surface area (Å²) in [5.41, 5.74) is 2.05. The summed E-state index contributed by atoms with van der Waals surface area (Å²) in [5.74, 6) is 3.03. The molecule has 82 valence electrons. The molecule has 6 nitrogen and oxygen atoms in total. The third-order valence-electron chi connectivity index (χ3n) is 1.52. The van der Waals surface area contributed by atoms with Gasteiger partial charge in [-0.15, -0.1) is 12.4 Å². The Bertz CT molecular complexity index is 352. The van der Waals surface area contributed by atoms with Crippen molar-refractivity contribution in [2.24, 2.45) is 5.84 Å². The Morgan fingerprint density at radius 2 is 1.67 bits per heavy atom. The number of carbonyl (C=O) groups excluding carboxylic acids is 1. The highest BCUT2D eigenvalue weighted by atomic mass is 35.5. The lowest BCUT2D eigenvalue weighted by Crippen LogP contribution is -2.26. The molecule has 1 rings (SSSR count). The van der Waals surface area contributed by atoms with Crippen LogP contribution in [0.5, 0.6) is 0 Å². The lowest BCUT2D eigenvalue weighted by atomic mass is 10.1. The van der Waals surface area contributed by atoms with E-state index >= 15 is 0 Å². The summed E-state index contributed by atoms with van der Waals surface area (Å²) in [6, 6.07) is 5.27. The number of carbonyl (C=O) groups is 2. The van der Waals surface area contributed by atoms with Gasteiger partial charge in [0.2, 0.25) is 0 Å². The van der Waals surface area contributed by atoms with E-state index in [-0.39, 0.29) is 23.5 Å². The first-order valence-electron chi connectivity index (χ1n) is 3.65. The Hall–Kier alpha value is -1.63. The van der Waals surface area contributed by atoms with Gasteiger partial charge in [-0.1, -0.05) is 5.59 Å². The molecule has 0 saturated carbocycles. The molecule has 15 heavy (non-hydrogen) atoms. The lowest BCUT2D eigenvalue weighted by molar-refractivity contribution is 0.0253. The number of hydrogen-bond acceptors (Lipinski definition) is 5. The van der Waals surface area contributed by atoms with Crippen LogP contribution in [-0.4, -0.2) is 17.0 Å². The predicted molar refractivity (Wildman–Crippen MR) is 53.4 cm³/mol. The maximum absolute atomic E-state index is 11.0. The summed E-state index contributed by atoms with van der Waals surface area (Å²) in [6.07, 6.45) is 0. The largest absolute Gasteiger partial charge is 0.478 e. The van der Waals surface area contributed by atoms with Gasteiger partial charge in [-0.25, -0.2) is 15.4 Å². The van der Waals surface area contributed by atoms with Crippen molar-refractivity contribution in [3.8, 4) is 0 Å². The van der Waals surface area contributed by atoms with Crippen LogP contribution in [0.1, 0.15) is 20.7 Å². The number of benzene rings is 1. The number of rotatable bonds is 3. The summed E-state index contributed by atoms with van der Waals surface area (Å²) < 4.78 is 0. The Labute approximate surface area is 91.4 Å².